The van der Waals surface area contributed by atoms with E-state index >= 15 is 0 Å². The highest BCUT2D eigenvalue weighted by atomic mass is 79.9. The lowest BCUT2D eigenvalue weighted by Crippen LogP contribution is -2.11. The molecule has 0 aliphatic rings. The Morgan fingerprint density at radius 1 is 1.05 bits per heavy atom. The number of nitrogens with one attached hydrogen (secondary N) is 1. The van der Waals surface area contributed by atoms with Crippen molar-refractivity contribution in [2.24, 2.45) is 0 Å². The number of hydrogen-bond donors (Lipinski definition) is 1. The Labute approximate surface area is 131 Å². The van der Waals surface area contributed by atoms with Crippen LogP contribution in [0.1, 0.15) is 0 Å². The molecule has 0 aliphatic carbocycles. The minimum Gasteiger partial charge on any atom is -0.446 e. The lowest BCUT2D eigenvalue weighted by atomic mass is 10.1. The van der Waals surface area contributed by atoms with Crippen LogP contribution in [0.2, 0.25) is 0 Å². The van der Waals surface area contributed by atoms with Crippen molar-refractivity contribution in [1.29, 1.82) is 0 Å². The van der Waals surface area contributed by atoms with Gasteiger partial charge in [-0.15, -0.1) is 0 Å². The van der Waals surface area contributed by atoms with Crippen LogP contribution in [0, 0.1) is 0 Å². The van der Waals surface area contributed by atoms with E-state index in [-0.39, 0.29) is 5.56 Å². The number of halogens is 2. The smallest absolute Gasteiger partial charge is 0.266 e. The summed E-state index contributed by atoms with van der Waals surface area (Å²) in [6, 6.07) is 13.0. The zero-order valence-corrected chi connectivity index (χ0v) is 13.2. The summed E-state index contributed by atoms with van der Waals surface area (Å²) >= 11 is 6.51. The average Bonchev–Trinajstić information content (AvgIpc) is 2.89. The summed E-state index contributed by atoms with van der Waals surface area (Å²) in [6.45, 7) is 0. The van der Waals surface area contributed by atoms with E-state index in [0.29, 0.717) is 26.4 Å². The second-order valence-corrected chi connectivity index (χ2v) is 5.62. The number of rotatable bonds is 2. The molecular weight excluding hydrogens is 388 g/mol. The van der Waals surface area contributed by atoms with Crippen LogP contribution in [0.25, 0.3) is 22.8 Å². The fraction of sp³-hybridized carbons (Fsp3) is 0. The van der Waals surface area contributed by atoms with E-state index in [9.17, 15) is 4.79 Å². The predicted molar refractivity (Wildman–Crippen MR) is 83.4 cm³/mol. The lowest BCUT2D eigenvalue weighted by molar-refractivity contribution is 0.551. The first-order chi connectivity index (χ1) is 9.65. The molecular formula is C14H8Br2N2O2. The van der Waals surface area contributed by atoms with Gasteiger partial charge in [-0.2, -0.15) is 0 Å². The molecule has 0 fully saturated rings. The Hall–Kier alpha value is -1.66. The van der Waals surface area contributed by atoms with Crippen molar-refractivity contribution < 1.29 is 4.42 Å². The van der Waals surface area contributed by atoms with Gasteiger partial charge in [0.1, 0.15) is 4.47 Å². The molecule has 0 atom stereocenters. The fourth-order valence-corrected chi connectivity index (χ4v) is 2.53. The third-order valence-electron chi connectivity index (χ3n) is 2.72. The highest BCUT2D eigenvalue weighted by Gasteiger charge is 2.14. The largest absolute Gasteiger partial charge is 0.446 e. The topological polar surface area (TPSA) is 58.9 Å². The van der Waals surface area contributed by atoms with Gasteiger partial charge in [0.25, 0.3) is 5.56 Å². The molecule has 100 valence electrons. The first-order valence-corrected chi connectivity index (χ1v) is 7.34. The van der Waals surface area contributed by atoms with Crippen LogP contribution in [0.15, 0.2) is 60.8 Å². The van der Waals surface area contributed by atoms with Crippen LogP contribution in [-0.4, -0.2) is 9.97 Å². The minimum atomic E-state index is -0.249. The van der Waals surface area contributed by atoms with Gasteiger partial charge in [0.2, 0.25) is 0 Å². The van der Waals surface area contributed by atoms with Crippen molar-refractivity contribution >= 4 is 31.9 Å². The Bertz CT molecular complexity index is 810. The van der Waals surface area contributed by atoms with Crippen molar-refractivity contribution in [2.45, 2.75) is 0 Å². The number of aromatic nitrogens is 2. The zero-order valence-electron chi connectivity index (χ0n) is 10.1. The van der Waals surface area contributed by atoms with Gasteiger partial charge in [0.05, 0.1) is 5.69 Å². The molecule has 0 amide bonds. The third-order valence-corrected chi connectivity index (χ3v) is 3.88. The second-order valence-electron chi connectivity index (χ2n) is 4.05. The highest BCUT2D eigenvalue weighted by molar-refractivity contribution is 9.10. The molecule has 0 spiro atoms. The Kier molecular flexibility index (Phi) is 3.58. The van der Waals surface area contributed by atoms with Crippen molar-refractivity contribution in [3.8, 4) is 22.8 Å². The molecule has 0 unspecified atom stereocenters. The second kappa shape index (κ2) is 5.38. The molecule has 0 saturated carbocycles. The SMILES string of the molecule is O=c1[nH]c(-c2ccc(Br)o2)nc(-c2ccccc2)c1Br. The van der Waals surface area contributed by atoms with Crippen LogP contribution in [0.4, 0.5) is 0 Å². The van der Waals surface area contributed by atoms with Gasteiger partial charge in [-0.25, -0.2) is 4.98 Å². The van der Waals surface area contributed by atoms with E-state index in [1.807, 2.05) is 30.3 Å². The van der Waals surface area contributed by atoms with Gasteiger partial charge in [-0.3, -0.25) is 4.79 Å². The summed E-state index contributed by atoms with van der Waals surface area (Å²) in [5, 5.41) is 0. The summed E-state index contributed by atoms with van der Waals surface area (Å²) in [5.41, 5.74) is 1.19. The summed E-state index contributed by atoms with van der Waals surface area (Å²) in [6.07, 6.45) is 0. The van der Waals surface area contributed by atoms with Crippen molar-refractivity contribution in [2.75, 3.05) is 0 Å². The minimum absolute atomic E-state index is 0.249. The predicted octanol–water partition coefficient (Wildman–Crippen LogP) is 4.22. The van der Waals surface area contributed by atoms with E-state index in [4.69, 9.17) is 4.42 Å². The maximum Gasteiger partial charge on any atom is 0.266 e. The van der Waals surface area contributed by atoms with Crippen molar-refractivity contribution in [3.05, 3.63) is 62.0 Å². The van der Waals surface area contributed by atoms with Crippen molar-refractivity contribution in [1.82, 2.24) is 9.97 Å². The molecule has 3 aromatic rings. The van der Waals surface area contributed by atoms with Crippen molar-refractivity contribution in [3.63, 3.8) is 0 Å². The monoisotopic (exact) mass is 394 g/mol. The number of hydrogen-bond acceptors (Lipinski definition) is 3. The molecule has 4 nitrogen and oxygen atoms in total. The van der Waals surface area contributed by atoms with Gasteiger partial charge >= 0.3 is 0 Å². The number of nitrogens with zero attached hydrogens (tertiary/aromatic N) is 1. The van der Waals surface area contributed by atoms with Crippen LogP contribution in [-0.2, 0) is 0 Å². The van der Waals surface area contributed by atoms with Crippen LogP contribution in [0.5, 0.6) is 0 Å². The van der Waals surface area contributed by atoms with Crippen LogP contribution in [0.3, 0.4) is 0 Å². The molecule has 0 radical (unpaired) electrons. The van der Waals surface area contributed by atoms with E-state index in [1.54, 1.807) is 12.1 Å². The fourth-order valence-electron chi connectivity index (χ4n) is 1.80. The van der Waals surface area contributed by atoms with E-state index in [1.165, 1.54) is 0 Å². The summed E-state index contributed by atoms with van der Waals surface area (Å²) in [4.78, 5) is 19.2. The highest BCUT2D eigenvalue weighted by Crippen LogP contribution is 2.27. The average molecular weight is 396 g/mol. The summed E-state index contributed by atoms with van der Waals surface area (Å²) < 4.78 is 6.41. The summed E-state index contributed by atoms with van der Waals surface area (Å²) in [5.74, 6) is 0.890. The number of benzene rings is 1. The summed E-state index contributed by atoms with van der Waals surface area (Å²) in [7, 11) is 0. The zero-order chi connectivity index (χ0) is 14.1. The van der Waals surface area contributed by atoms with Gasteiger partial charge in [0, 0.05) is 5.56 Å². The molecule has 1 aromatic carbocycles. The molecule has 2 heterocycles. The van der Waals surface area contributed by atoms with E-state index in [2.05, 4.69) is 41.8 Å². The molecule has 1 N–H and O–H groups in total. The van der Waals surface area contributed by atoms with Crippen LogP contribution >= 0.6 is 31.9 Å². The molecule has 3 rings (SSSR count). The lowest BCUT2D eigenvalue weighted by Gasteiger charge is -2.05. The molecule has 0 saturated heterocycles. The van der Waals surface area contributed by atoms with E-state index < -0.39 is 0 Å². The number of aromatic amines is 1. The van der Waals surface area contributed by atoms with Crippen LogP contribution < -0.4 is 5.56 Å². The third kappa shape index (κ3) is 2.48. The van der Waals surface area contributed by atoms with Gasteiger partial charge in [-0.1, -0.05) is 30.3 Å². The molecule has 0 aliphatic heterocycles. The normalized spacial score (nSPS) is 10.7. The Morgan fingerprint density at radius 2 is 1.80 bits per heavy atom. The maximum atomic E-state index is 12.0. The van der Waals surface area contributed by atoms with Gasteiger partial charge in [0.15, 0.2) is 16.3 Å². The molecule has 20 heavy (non-hydrogen) atoms. The Balaban J connectivity index is 2.21. The number of furan rings is 1. The number of H-pyrrole nitrogens is 1. The van der Waals surface area contributed by atoms with Gasteiger partial charge < -0.3 is 9.40 Å². The first-order valence-electron chi connectivity index (χ1n) is 5.76. The molecule has 6 heteroatoms. The molecule has 2 aromatic heterocycles. The quantitative estimate of drug-likeness (QED) is 0.706. The van der Waals surface area contributed by atoms with Gasteiger partial charge in [-0.05, 0) is 44.0 Å². The first kappa shape index (κ1) is 13.3. The standard InChI is InChI=1S/C14H8Br2N2O2/c15-10-7-6-9(20-10)13-17-12(11(16)14(19)18-13)8-4-2-1-3-5-8/h1-7H,(H,17,18,19). The maximum absolute atomic E-state index is 12.0. The van der Waals surface area contributed by atoms with E-state index in [0.717, 1.165) is 5.56 Å². The Morgan fingerprint density at radius 3 is 2.45 bits per heavy atom. The molecule has 0 bridgehead atoms.